The summed E-state index contributed by atoms with van der Waals surface area (Å²) < 4.78 is 5.44. The SMILES string of the molecule is CC(C)CN1C(=O)COc2ccc(C(O)C(C)N)cc21. The Morgan fingerprint density at radius 3 is 2.70 bits per heavy atom. The molecule has 2 unspecified atom stereocenters. The first-order valence-electron chi connectivity index (χ1n) is 6.91. The summed E-state index contributed by atoms with van der Waals surface area (Å²) in [7, 11) is 0. The summed E-state index contributed by atoms with van der Waals surface area (Å²) in [4.78, 5) is 13.7. The molecular formula is C15H22N2O3. The van der Waals surface area contributed by atoms with Crippen molar-refractivity contribution in [2.24, 2.45) is 11.7 Å². The van der Waals surface area contributed by atoms with Gasteiger partial charge in [-0.15, -0.1) is 0 Å². The van der Waals surface area contributed by atoms with Crippen LogP contribution in [0.15, 0.2) is 18.2 Å². The molecule has 5 nitrogen and oxygen atoms in total. The van der Waals surface area contributed by atoms with E-state index in [1.165, 1.54) is 0 Å². The highest BCUT2D eigenvalue weighted by molar-refractivity contribution is 5.97. The molecule has 5 heteroatoms. The Labute approximate surface area is 119 Å². The van der Waals surface area contributed by atoms with Crippen LogP contribution in [0.3, 0.4) is 0 Å². The first-order chi connectivity index (χ1) is 9.40. The van der Waals surface area contributed by atoms with E-state index in [1.54, 1.807) is 30.0 Å². The van der Waals surface area contributed by atoms with Crippen molar-refractivity contribution in [3.8, 4) is 5.75 Å². The first kappa shape index (κ1) is 14.8. The number of carbonyl (C=O) groups is 1. The largest absolute Gasteiger partial charge is 0.482 e. The minimum atomic E-state index is -0.752. The average molecular weight is 278 g/mol. The van der Waals surface area contributed by atoms with Crippen molar-refractivity contribution < 1.29 is 14.6 Å². The molecule has 0 spiro atoms. The summed E-state index contributed by atoms with van der Waals surface area (Å²) >= 11 is 0. The van der Waals surface area contributed by atoms with Crippen LogP contribution in [0, 0.1) is 5.92 Å². The van der Waals surface area contributed by atoms with Crippen LogP contribution in [0.2, 0.25) is 0 Å². The van der Waals surface area contributed by atoms with Gasteiger partial charge in [-0.05, 0) is 30.5 Å². The number of benzene rings is 1. The zero-order valence-electron chi connectivity index (χ0n) is 12.2. The van der Waals surface area contributed by atoms with Crippen molar-refractivity contribution >= 4 is 11.6 Å². The number of rotatable bonds is 4. The Kier molecular flexibility index (Phi) is 4.30. The van der Waals surface area contributed by atoms with Gasteiger partial charge in [0.15, 0.2) is 6.61 Å². The fourth-order valence-electron chi connectivity index (χ4n) is 2.27. The maximum absolute atomic E-state index is 12.0. The maximum atomic E-state index is 12.0. The quantitative estimate of drug-likeness (QED) is 0.874. The van der Waals surface area contributed by atoms with Crippen molar-refractivity contribution in [2.75, 3.05) is 18.1 Å². The van der Waals surface area contributed by atoms with Crippen LogP contribution in [0.4, 0.5) is 5.69 Å². The molecule has 0 aromatic heterocycles. The van der Waals surface area contributed by atoms with E-state index in [1.807, 2.05) is 0 Å². The fraction of sp³-hybridized carbons (Fsp3) is 0.533. The molecule has 1 amide bonds. The van der Waals surface area contributed by atoms with E-state index in [4.69, 9.17) is 10.5 Å². The lowest BCUT2D eigenvalue weighted by atomic mass is 10.0. The van der Waals surface area contributed by atoms with Gasteiger partial charge in [-0.1, -0.05) is 19.9 Å². The third-order valence-electron chi connectivity index (χ3n) is 3.31. The number of amides is 1. The van der Waals surface area contributed by atoms with Gasteiger partial charge in [-0.2, -0.15) is 0 Å². The van der Waals surface area contributed by atoms with Gasteiger partial charge >= 0.3 is 0 Å². The second-order valence-electron chi connectivity index (χ2n) is 5.72. The predicted molar refractivity (Wildman–Crippen MR) is 77.7 cm³/mol. The number of aliphatic hydroxyl groups is 1. The Morgan fingerprint density at radius 1 is 1.40 bits per heavy atom. The van der Waals surface area contributed by atoms with Crippen molar-refractivity contribution in [3.05, 3.63) is 23.8 Å². The molecule has 1 aliphatic rings. The zero-order chi connectivity index (χ0) is 14.9. The van der Waals surface area contributed by atoms with E-state index in [9.17, 15) is 9.90 Å². The molecule has 0 radical (unpaired) electrons. The molecule has 110 valence electrons. The second kappa shape index (κ2) is 5.81. The van der Waals surface area contributed by atoms with Crippen molar-refractivity contribution in [3.63, 3.8) is 0 Å². The number of nitrogens with zero attached hydrogens (tertiary/aromatic N) is 1. The molecule has 1 heterocycles. The Balaban J connectivity index is 2.38. The topological polar surface area (TPSA) is 75.8 Å². The van der Waals surface area contributed by atoms with Crippen molar-refractivity contribution in [1.29, 1.82) is 0 Å². The molecule has 20 heavy (non-hydrogen) atoms. The van der Waals surface area contributed by atoms with Crippen molar-refractivity contribution in [1.82, 2.24) is 0 Å². The minimum absolute atomic E-state index is 0.0568. The Morgan fingerprint density at radius 2 is 2.10 bits per heavy atom. The summed E-state index contributed by atoms with van der Waals surface area (Å²) in [5.74, 6) is 0.969. The zero-order valence-corrected chi connectivity index (χ0v) is 12.2. The number of aliphatic hydroxyl groups excluding tert-OH is 1. The normalized spacial score (nSPS) is 17.7. The van der Waals surface area contributed by atoms with Crippen LogP contribution in [0.5, 0.6) is 5.75 Å². The average Bonchev–Trinajstić information content (AvgIpc) is 2.40. The first-order valence-corrected chi connectivity index (χ1v) is 6.91. The van der Waals surface area contributed by atoms with E-state index in [0.29, 0.717) is 29.5 Å². The Bertz CT molecular complexity index is 500. The Hall–Kier alpha value is -1.59. The molecule has 0 aliphatic carbocycles. The summed E-state index contributed by atoms with van der Waals surface area (Å²) in [5, 5.41) is 10.1. The number of hydrogen-bond donors (Lipinski definition) is 2. The van der Waals surface area contributed by atoms with E-state index in [-0.39, 0.29) is 18.6 Å². The highest BCUT2D eigenvalue weighted by atomic mass is 16.5. The number of hydrogen-bond acceptors (Lipinski definition) is 4. The fourth-order valence-corrected chi connectivity index (χ4v) is 2.27. The van der Waals surface area contributed by atoms with Crippen LogP contribution >= 0.6 is 0 Å². The number of nitrogens with two attached hydrogens (primary N) is 1. The number of fused-ring (bicyclic) bond motifs is 1. The molecule has 3 N–H and O–H groups in total. The molecule has 1 aliphatic heterocycles. The van der Waals surface area contributed by atoms with Gasteiger partial charge in [0.05, 0.1) is 11.8 Å². The third-order valence-corrected chi connectivity index (χ3v) is 3.31. The van der Waals surface area contributed by atoms with Gasteiger partial charge in [-0.25, -0.2) is 0 Å². The molecule has 0 saturated carbocycles. The monoisotopic (exact) mass is 278 g/mol. The van der Waals surface area contributed by atoms with E-state index in [2.05, 4.69) is 13.8 Å². The lowest BCUT2D eigenvalue weighted by Crippen LogP contribution is -2.41. The molecule has 1 aromatic rings. The van der Waals surface area contributed by atoms with Crippen LogP contribution in [0.25, 0.3) is 0 Å². The van der Waals surface area contributed by atoms with E-state index >= 15 is 0 Å². The molecule has 0 fully saturated rings. The highest BCUT2D eigenvalue weighted by Gasteiger charge is 2.27. The molecule has 2 rings (SSSR count). The maximum Gasteiger partial charge on any atom is 0.265 e. The molecule has 0 saturated heterocycles. The van der Waals surface area contributed by atoms with Crippen LogP contribution in [0.1, 0.15) is 32.4 Å². The van der Waals surface area contributed by atoms with Gasteiger partial charge in [0.25, 0.3) is 5.91 Å². The number of ether oxygens (including phenoxy) is 1. The van der Waals surface area contributed by atoms with E-state index in [0.717, 1.165) is 0 Å². The van der Waals surface area contributed by atoms with E-state index < -0.39 is 6.10 Å². The van der Waals surface area contributed by atoms with Crippen LogP contribution in [-0.2, 0) is 4.79 Å². The third kappa shape index (κ3) is 2.94. The molecule has 1 aromatic carbocycles. The number of carbonyl (C=O) groups excluding carboxylic acids is 1. The summed E-state index contributed by atoms with van der Waals surface area (Å²) in [6.45, 7) is 6.56. The standard InChI is InChI=1S/C15H22N2O3/c1-9(2)7-17-12-6-11(15(19)10(3)16)4-5-13(12)20-8-14(17)18/h4-6,9-10,15,19H,7-8,16H2,1-3H3. The van der Waals surface area contributed by atoms with Crippen LogP contribution in [-0.4, -0.2) is 30.2 Å². The summed E-state index contributed by atoms with van der Waals surface area (Å²) in [5.41, 5.74) is 7.14. The van der Waals surface area contributed by atoms with Gasteiger partial charge in [0.1, 0.15) is 5.75 Å². The molecule has 0 bridgehead atoms. The minimum Gasteiger partial charge on any atom is -0.482 e. The molecule has 2 atom stereocenters. The lowest BCUT2D eigenvalue weighted by Gasteiger charge is -2.31. The summed E-state index contributed by atoms with van der Waals surface area (Å²) in [6, 6.07) is 5.00. The van der Waals surface area contributed by atoms with Gasteiger partial charge in [-0.3, -0.25) is 4.79 Å². The smallest absolute Gasteiger partial charge is 0.265 e. The van der Waals surface area contributed by atoms with Gasteiger partial charge < -0.3 is 20.5 Å². The van der Waals surface area contributed by atoms with Gasteiger partial charge in [0.2, 0.25) is 0 Å². The van der Waals surface area contributed by atoms with Crippen LogP contribution < -0.4 is 15.4 Å². The lowest BCUT2D eigenvalue weighted by molar-refractivity contribution is -0.121. The van der Waals surface area contributed by atoms with Gasteiger partial charge in [0, 0.05) is 12.6 Å². The highest BCUT2D eigenvalue weighted by Crippen LogP contribution is 2.35. The van der Waals surface area contributed by atoms with Crippen molar-refractivity contribution in [2.45, 2.75) is 32.9 Å². The molecular weight excluding hydrogens is 256 g/mol. The second-order valence-corrected chi connectivity index (χ2v) is 5.72. The predicted octanol–water partition coefficient (Wildman–Crippen LogP) is 1.45. The summed E-state index contributed by atoms with van der Waals surface area (Å²) in [6.07, 6.45) is -0.752. The number of anilines is 1.